The molecule has 0 aliphatic rings. The Morgan fingerprint density at radius 2 is 0.720 bits per heavy atom. The first kappa shape index (κ1) is 18.9. The van der Waals surface area contributed by atoms with Gasteiger partial charge in [0.25, 0.3) is 0 Å². The molecule has 0 saturated carbocycles. The molecule has 0 fully saturated rings. The summed E-state index contributed by atoms with van der Waals surface area (Å²) >= 11 is 6.31. The van der Waals surface area contributed by atoms with Gasteiger partial charge in [0, 0.05) is 17.3 Å². The zero-order chi connectivity index (χ0) is 17.2. The fourth-order valence-electron chi connectivity index (χ4n) is 2.22. The van der Waals surface area contributed by atoms with Crippen LogP contribution in [0.25, 0.3) is 0 Å². The molecule has 0 spiro atoms. The van der Waals surface area contributed by atoms with Gasteiger partial charge >= 0.3 is 0 Å². The van der Waals surface area contributed by atoms with Crippen molar-refractivity contribution in [3.8, 4) is 0 Å². The van der Waals surface area contributed by atoms with Crippen molar-refractivity contribution in [1.82, 2.24) is 0 Å². The molecular formula is C21H21PS3. The molecule has 0 bridgehead atoms. The van der Waals surface area contributed by atoms with Crippen molar-refractivity contribution in [1.29, 1.82) is 0 Å². The fourth-order valence-corrected chi connectivity index (χ4v) is 11.6. The van der Waals surface area contributed by atoms with E-state index in [9.17, 15) is 0 Å². The van der Waals surface area contributed by atoms with Crippen LogP contribution < -0.4 is 0 Å². The Kier molecular flexibility index (Phi) is 8.31. The van der Waals surface area contributed by atoms with Crippen molar-refractivity contribution in [3.05, 3.63) is 108 Å². The summed E-state index contributed by atoms with van der Waals surface area (Å²) in [6, 6.07) is 32.4. The molecule has 0 aliphatic carbocycles. The summed E-state index contributed by atoms with van der Waals surface area (Å²) in [7, 11) is 0. The number of hydrogen-bond acceptors (Lipinski definition) is 3. The SMILES string of the molecule is c1ccc(CSP(SCc2ccccc2)SCc2ccccc2)cc1. The molecule has 128 valence electrons. The van der Waals surface area contributed by atoms with Crippen LogP contribution in [0.5, 0.6) is 0 Å². The van der Waals surface area contributed by atoms with Crippen molar-refractivity contribution >= 4 is 39.7 Å². The number of rotatable bonds is 9. The van der Waals surface area contributed by atoms with Crippen molar-refractivity contribution in [3.63, 3.8) is 0 Å². The topological polar surface area (TPSA) is 0 Å². The molecule has 0 unspecified atom stereocenters. The molecule has 0 radical (unpaired) electrons. The average molecular weight is 401 g/mol. The third kappa shape index (κ3) is 7.11. The van der Waals surface area contributed by atoms with Crippen LogP contribution in [-0.2, 0) is 17.3 Å². The highest BCUT2D eigenvalue weighted by Gasteiger charge is 2.12. The lowest BCUT2D eigenvalue weighted by Crippen LogP contribution is -1.80. The average Bonchev–Trinajstić information content (AvgIpc) is 2.70. The lowest BCUT2D eigenvalue weighted by Gasteiger charge is -2.16. The summed E-state index contributed by atoms with van der Waals surface area (Å²) in [5, 5.41) is 0. The van der Waals surface area contributed by atoms with E-state index in [0.29, 0.717) is 0 Å². The Morgan fingerprint density at radius 1 is 0.440 bits per heavy atom. The van der Waals surface area contributed by atoms with Gasteiger partial charge in [-0.2, -0.15) is 0 Å². The van der Waals surface area contributed by atoms with Crippen LogP contribution in [0.2, 0.25) is 0 Å². The number of hydrogen-bond donors (Lipinski definition) is 0. The normalized spacial score (nSPS) is 10.9. The van der Waals surface area contributed by atoms with E-state index in [0.717, 1.165) is 17.3 Å². The van der Waals surface area contributed by atoms with E-state index >= 15 is 0 Å². The first-order valence-electron chi connectivity index (χ1n) is 8.21. The largest absolute Gasteiger partial charge is 0.107 e. The molecule has 25 heavy (non-hydrogen) atoms. The van der Waals surface area contributed by atoms with Gasteiger partial charge in [-0.1, -0.05) is 91.0 Å². The molecule has 0 nitrogen and oxygen atoms in total. The second kappa shape index (κ2) is 11.0. The Labute approximate surface area is 164 Å². The standard InChI is InChI=1S/C21H21PS3/c1-4-10-19(11-5-1)16-23-22(24-17-20-12-6-2-7-13-20)25-18-21-14-8-3-9-15-21/h1-15H,16-18H2. The van der Waals surface area contributed by atoms with E-state index in [1.165, 1.54) is 16.7 Å². The zero-order valence-electron chi connectivity index (χ0n) is 14.0. The van der Waals surface area contributed by atoms with Gasteiger partial charge < -0.3 is 0 Å². The molecular weight excluding hydrogens is 379 g/mol. The predicted molar refractivity (Wildman–Crippen MR) is 120 cm³/mol. The highest BCUT2D eigenvalue weighted by Crippen LogP contribution is 2.72. The Hall–Kier alpha value is -0.860. The van der Waals surface area contributed by atoms with Crippen LogP contribution in [0.15, 0.2) is 91.0 Å². The quantitative estimate of drug-likeness (QED) is 0.334. The van der Waals surface area contributed by atoms with Crippen LogP contribution in [0.4, 0.5) is 0 Å². The second-order valence-corrected chi connectivity index (χ2v) is 15.3. The summed E-state index contributed by atoms with van der Waals surface area (Å²) in [6.45, 7) is 0. The third-order valence-corrected chi connectivity index (χ3v) is 14.3. The van der Waals surface area contributed by atoms with E-state index in [1.54, 1.807) is 0 Å². The highest BCUT2D eigenvalue weighted by molar-refractivity contribution is 9.12. The number of benzene rings is 3. The molecule has 0 heterocycles. The molecule has 0 N–H and O–H groups in total. The summed E-state index contributed by atoms with van der Waals surface area (Å²) in [4.78, 5) is 0. The molecule has 0 atom stereocenters. The van der Waals surface area contributed by atoms with E-state index in [-0.39, 0.29) is 5.53 Å². The summed E-state index contributed by atoms with van der Waals surface area (Å²) in [6.07, 6.45) is 0. The lowest BCUT2D eigenvalue weighted by atomic mass is 10.2. The lowest BCUT2D eigenvalue weighted by molar-refractivity contribution is 1.42. The maximum absolute atomic E-state index is 2.23. The van der Waals surface area contributed by atoms with Crippen molar-refractivity contribution in [2.45, 2.75) is 17.3 Å². The fraction of sp³-hybridized carbons (Fsp3) is 0.143. The minimum absolute atomic E-state index is 0.182. The minimum Gasteiger partial charge on any atom is -0.107 e. The maximum Gasteiger partial charge on any atom is 0.0739 e. The van der Waals surface area contributed by atoms with Crippen molar-refractivity contribution < 1.29 is 0 Å². The van der Waals surface area contributed by atoms with Crippen molar-refractivity contribution in [2.24, 2.45) is 0 Å². The van der Waals surface area contributed by atoms with E-state index in [4.69, 9.17) is 0 Å². The zero-order valence-corrected chi connectivity index (χ0v) is 17.3. The van der Waals surface area contributed by atoms with Gasteiger partial charge in [-0.25, -0.2) is 0 Å². The van der Waals surface area contributed by atoms with Gasteiger partial charge in [0.05, 0.1) is 5.53 Å². The van der Waals surface area contributed by atoms with Crippen LogP contribution in [0.3, 0.4) is 0 Å². The molecule has 0 aliphatic heterocycles. The molecule has 0 amide bonds. The van der Waals surface area contributed by atoms with Crippen LogP contribution in [-0.4, -0.2) is 0 Å². The first-order chi connectivity index (χ1) is 12.4. The Morgan fingerprint density at radius 3 is 1.00 bits per heavy atom. The van der Waals surface area contributed by atoms with Crippen LogP contribution >= 0.6 is 39.7 Å². The van der Waals surface area contributed by atoms with Gasteiger partial charge in [-0.3, -0.25) is 0 Å². The Balaban J connectivity index is 1.56. The smallest absolute Gasteiger partial charge is 0.0739 e. The molecule has 0 saturated heterocycles. The molecule has 3 aromatic carbocycles. The van der Waals surface area contributed by atoms with Crippen LogP contribution in [0, 0.1) is 0 Å². The third-order valence-electron chi connectivity index (χ3n) is 3.54. The van der Waals surface area contributed by atoms with Gasteiger partial charge in [-0.05, 0) is 16.7 Å². The van der Waals surface area contributed by atoms with Gasteiger partial charge in [0.1, 0.15) is 0 Å². The van der Waals surface area contributed by atoms with E-state index < -0.39 is 0 Å². The summed E-state index contributed by atoms with van der Waals surface area (Å²) < 4.78 is 0. The molecule has 0 aromatic heterocycles. The molecule has 4 heteroatoms. The first-order valence-corrected chi connectivity index (χ1v) is 14.3. The van der Waals surface area contributed by atoms with Gasteiger partial charge in [0.15, 0.2) is 0 Å². The summed E-state index contributed by atoms with van der Waals surface area (Å²) in [5.41, 5.74) is 4.07. The molecule has 3 rings (SSSR count). The highest BCUT2D eigenvalue weighted by atomic mass is 33.4. The summed E-state index contributed by atoms with van der Waals surface area (Å²) in [5.74, 6) is 3.28. The monoisotopic (exact) mass is 400 g/mol. The Bertz CT molecular complexity index is 616. The van der Waals surface area contributed by atoms with Gasteiger partial charge in [0.2, 0.25) is 0 Å². The predicted octanol–water partition coefficient (Wildman–Crippen LogP) is 8.01. The second-order valence-electron chi connectivity index (χ2n) is 5.50. The molecule has 3 aromatic rings. The van der Waals surface area contributed by atoms with Crippen LogP contribution in [0.1, 0.15) is 16.7 Å². The van der Waals surface area contributed by atoms with E-state index in [1.807, 2.05) is 0 Å². The van der Waals surface area contributed by atoms with Gasteiger partial charge in [-0.15, -0.1) is 34.1 Å². The minimum atomic E-state index is -0.182. The maximum atomic E-state index is 2.23. The van der Waals surface area contributed by atoms with Crippen molar-refractivity contribution in [2.75, 3.05) is 0 Å². The van der Waals surface area contributed by atoms with E-state index in [2.05, 4.69) is 125 Å².